The van der Waals surface area contributed by atoms with Gasteiger partial charge < -0.3 is 10.2 Å². The zero-order valence-corrected chi connectivity index (χ0v) is 10.7. The number of rotatable bonds is 1. The number of aromatic nitrogens is 1. The average Bonchev–Trinajstić information content (AvgIpc) is 2.74. The Balaban J connectivity index is 1.85. The summed E-state index contributed by atoms with van der Waals surface area (Å²) in [4.78, 5) is 9.17. The van der Waals surface area contributed by atoms with Crippen LogP contribution in [0.3, 0.4) is 0 Å². The Morgan fingerprint density at radius 1 is 1.50 bits per heavy atom. The largest absolute Gasteiger partial charge is 0.361 e. The van der Waals surface area contributed by atoms with Crippen molar-refractivity contribution in [2.24, 2.45) is 0 Å². The van der Waals surface area contributed by atoms with E-state index in [0.717, 1.165) is 31.1 Å². The van der Waals surface area contributed by atoms with E-state index in [4.69, 9.17) is 5.26 Å². The Morgan fingerprint density at radius 2 is 2.33 bits per heavy atom. The molecule has 1 unspecified atom stereocenters. The van der Waals surface area contributed by atoms with Crippen molar-refractivity contribution in [1.82, 2.24) is 9.88 Å². The lowest BCUT2D eigenvalue weighted by Gasteiger charge is -2.39. The van der Waals surface area contributed by atoms with Crippen molar-refractivity contribution in [2.45, 2.75) is 26.1 Å². The van der Waals surface area contributed by atoms with E-state index in [2.05, 4.69) is 40.0 Å². The Kier molecular flexibility index (Phi) is 2.60. The summed E-state index contributed by atoms with van der Waals surface area (Å²) >= 11 is 0. The first-order valence-corrected chi connectivity index (χ1v) is 6.36. The molecule has 18 heavy (non-hydrogen) atoms. The first kappa shape index (κ1) is 11.3. The first-order chi connectivity index (χ1) is 8.69. The highest BCUT2D eigenvalue weighted by molar-refractivity contribution is 5.73. The molecule has 3 rings (SSSR count). The van der Waals surface area contributed by atoms with Crippen LogP contribution in [0.15, 0.2) is 12.3 Å². The number of pyridine rings is 1. The van der Waals surface area contributed by atoms with Gasteiger partial charge in [-0.2, -0.15) is 5.26 Å². The molecular weight excluding hydrogens is 226 g/mol. The van der Waals surface area contributed by atoms with Crippen molar-refractivity contribution in [3.63, 3.8) is 0 Å². The van der Waals surface area contributed by atoms with Crippen LogP contribution in [-0.4, -0.2) is 41.7 Å². The van der Waals surface area contributed by atoms with Gasteiger partial charge >= 0.3 is 0 Å². The van der Waals surface area contributed by atoms with Crippen LogP contribution in [0, 0.1) is 11.3 Å². The molecule has 94 valence electrons. The highest BCUT2D eigenvalue weighted by atomic mass is 15.4. The maximum Gasteiger partial charge on any atom is 0.153 e. The Labute approximate surface area is 107 Å². The second-order valence-corrected chi connectivity index (χ2v) is 5.15. The molecule has 2 aliphatic rings. The molecule has 0 aromatic carbocycles. The van der Waals surface area contributed by atoms with Crippen LogP contribution in [0.25, 0.3) is 0 Å². The molecule has 0 aliphatic carbocycles. The average molecular weight is 243 g/mol. The van der Waals surface area contributed by atoms with Crippen LogP contribution < -0.4 is 10.2 Å². The van der Waals surface area contributed by atoms with Gasteiger partial charge in [-0.05, 0) is 19.9 Å². The molecule has 5 nitrogen and oxygen atoms in total. The molecule has 0 saturated carbocycles. The first-order valence-electron chi connectivity index (χ1n) is 6.36. The third-order valence-electron chi connectivity index (χ3n) is 3.73. The van der Waals surface area contributed by atoms with Crippen molar-refractivity contribution >= 4 is 11.5 Å². The molecule has 1 aromatic rings. The maximum atomic E-state index is 8.90. The van der Waals surface area contributed by atoms with E-state index in [1.807, 2.05) is 6.07 Å². The monoisotopic (exact) mass is 243 g/mol. The SMILES string of the molecule is CC(C)N1CCN2c3ncc(C#N)cc3NC2C1. The number of nitriles is 1. The fraction of sp³-hybridized carbons (Fsp3) is 0.538. The fourth-order valence-corrected chi connectivity index (χ4v) is 2.68. The standard InChI is InChI=1S/C13H17N5/c1-9(2)17-3-4-18-12(8-17)16-11-5-10(6-14)7-15-13(11)18/h5,7,9,12,16H,3-4,8H2,1-2H3. The number of nitrogens with one attached hydrogen (secondary N) is 1. The quantitative estimate of drug-likeness (QED) is 0.804. The van der Waals surface area contributed by atoms with E-state index in [-0.39, 0.29) is 6.17 Å². The summed E-state index contributed by atoms with van der Waals surface area (Å²) in [6.07, 6.45) is 1.94. The normalized spacial score (nSPS) is 22.3. The van der Waals surface area contributed by atoms with Crippen molar-refractivity contribution < 1.29 is 0 Å². The van der Waals surface area contributed by atoms with Crippen molar-refractivity contribution in [3.05, 3.63) is 17.8 Å². The molecule has 2 aliphatic heterocycles. The van der Waals surface area contributed by atoms with E-state index in [0.29, 0.717) is 11.6 Å². The lowest BCUT2D eigenvalue weighted by molar-refractivity contribution is 0.190. The topological polar surface area (TPSA) is 55.2 Å². The summed E-state index contributed by atoms with van der Waals surface area (Å²) in [5.41, 5.74) is 1.60. The highest BCUT2D eigenvalue weighted by Gasteiger charge is 2.35. The van der Waals surface area contributed by atoms with E-state index < -0.39 is 0 Å². The van der Waals surface area contributed by atoms with E-state index in [9.17, 15) is 0 Å². The van der Waals surface area contributed by atoms with Gasteiger partial charge in [0.1, 0.15) is 12.2 Å². The summed E-state index contributed by atoms with van der Waals surface area (Å²) in [7, 11) is 0. The van der Waals surface area contributed by atoms with Gasteiger partial charge in [0.25, 0.3) is 0 Å². The molecule has 1 N–H and O–H groups in total. The molecule has 1 fully saturated rings. The molecule has 3 heterocycles. The molecular formula is C13H17N5. The molecule has 0 amide bonds. The zero-order chi connectivity index (χ0) is 12.7. The van der Waals surface area contributed by atoms with Crippen LogP contribution in [0.1, 0.15) is 19.4 Å². The summed E-state index contributed by atoms with van der Waals surface area (Å²) < 4.78 is 0. The lowest BCUT2D eigenvalue weighted by atomic mass is 10.2. The minimum Gasteiger partial charge on any atom is -0.361 e. The van der Waals surface area contributed by atoms with Gasteiger partial charge in [0, 0.05) is 31.9 Å². The van der Waals surface area contributed by atoms with E-state index >= 15 is 0 Å². The molecule has 1 saturated heterocycles. The van der Waals surface area contributed by atoms with Crippen LogP contribution in [0.4, 0.5) is 11.5 Å². The summed E-state index contributed by atoms with van der Waals surface area (Å²) in [6, 6.07) is 4.59. The zero-order valence-electron chi connectivity index (χ0n) is 10.7. The van der Waals surface area contributed by atoms with Gasteiger partial charge in [0.15, 0.2) is 5.82 Å². The highest BCUT2D eigenvalue weighted by Crippen LogP contribution is 2.34. The van der Waals surface area contributed by atoms with Crippen molar-refractivity contribution in [3.8, 4) is 6.07 Å². The third kappa shape index (κ3) is 1.70. The van der Waals surface area contributed by atoms with E-state index in [1.54, 1.807) is 6.20 Å². The van der Waals surface area contributed by atoms with Crippen molar-refractivity contribution in [2.75, 3.05) is 29.9 Å². The molecule has 0 bridgehead atoms. The van der Waals surface area contributed by atoms with Crippen molar-refractivity contribution in [1.29, 1.82) is 5.26 Å². The molecule has 1 atom stereocenters. The molecule has 1 aromatic heterocycles. The van der Waals surface area contributed by atoms with Gasteiger partial charge in [-0.25, -0.2) is 4.98 Å². The minimum absolute atomic E-state index is 0.289. The third-order valence-corrected chi connectivity index (χ3v) is 3.73. The second-order valence-electron chi connectivity index (χ2n) is 5.15. The maximum absolute atomic E-state index is 8.90. The number of fused-ring (bicyclic) bond motifs is 3. The molecule has 0 spiro atoms. The van der Waals surface area contributed by atoms with Crippen LogP contribution in [0.2, 0.25) is 0 Å². The molecule has 5 heteroatoms. The van der Waals surface area contributed by atoms with Gasteiger partial charge in [-0.3, -0.25) is 4.90 Å². The number of nitrogens with zero attached hydrogens (tertiary/aromatic N) is 4. The summed E-state index contributed by atoms with van der Waals surface area (Å²) in [6.45, 7) is 7.50. The lowest BCUT2D eigenvalue weighted by Crippen LogP contribution is -2.55. The van der Waals surface area contributed by atoms with Gasteiger partial charge in [0.05, 0.1) is 11.3 Å². The van der Waals surface area contributed by atoms with E-state index in [1.165, 1.54) is 0 Å². The summed E-state index contributed by atoms with van der Waals surface area (Å²) in [5, 5.41) is 12.4. The van der Waals surface area contributed by atoms with Gasteiger partial charge in [0.2, 0.25) is 0 Å². The van der Waals surface area contributed by atoms with Gasteiger partial charge in [-0.15, -0.1) is 0 Å². The predicted molar refractivity (Wildman–Crippen MR) is 70.4 cm³/mol. The van der Waals surface area contributed by atoms with Crippen LogP contribution >= 0.6 is 0 Å². The second kappa shape index (κ2) is 4.14. The number of hydrogen-bond acceptors (Lipinski definition) is 5. The Morgan fingerprint density at radius 3 is 3.06 bits per heavy atom. The predicted octanol–water partition coefficient (Wildman–Crippen LogP) is 1.24. The Bertz CT molecular complexity index is 505. The Hall–Kier alpha value is -1.80. The molecule has 0 radical (unpaired) electrons. The van der Waals surface area contributed by atoms with Crippen LogP contribution in [-0.2, 0) is 0 Å². The number of piperazine rings is 1. The minimum atomic E-state index is 0.289. The van der Waals surface area contributed by atoms with Crippen LogP contribution in [0.5, 0.6) is 0 Å². The van der Waals surface area contributed by atoms with Gasteiger partial charge in [-0.1, -0.05) is 0 Å². The summed E-state index contributed by atoms with van der Waals surface area (Å²) in [5.74, 6) is 0.988. The number of anilines is 2. The smallest absolute Gasteiger partial charge is 0.153 e. The fourth-order valence-electron chi connectivity index (χ4n) is 2.68. The number of hydrogen-bond donors (Lipinski definition) is 1.